The zero-order valence-corrected chi connectivity index (χ0v) is 13.3. The summed E-state index contributed by atoms with van der Waals surface area (Å²) in [5, 5.41) is 8.94. The van der Waals surface area contributed by atoms with Crippen molar-refractivity contribution in [2.24, 2.45) is 0 Å². The molecular weight excluding hydrogens is 348 g/mol. The van der Waals surface area contributed by atoms with Gasteiger partial charge in [-0.05, 0) is 36.8 Å². The number of carboxylic acid groups (broad SMARTS) is 1. The number of carboxylic acids is 1. The predicted octanol–water partition coefficient (Wildman–Crippen LogP) is 3.83. The minimum atomic E-state index is -1.17. The van der Waals surface area contributed by atoms with E-state index >= 15 is 0 Å². The van der Waals surface area contributed by atoms with Crippen LogP contribution in [0.2, 0.25) is 0 Å². The summed E-state index contributed by atoms with van der Waals surface area (Å²) >= 11 is 4.56. The van der Waals surface area contributed by atoms with Crippen molar-refractivity contribution in [3.63, 3.8) is 0 Å². The molecule has 0 saturated heterocycles. The molecule has 1 aromatic heterocycles. The topological polar surface area (TPSA) is 54.4 Å². The van der Waals surface area contributed by atoms with E-state index in [4.69, 9.17) is 5.11 Å². The van der Waals surface area contributed by atoms with Gasteiger partial charge in [-0.1, -0.05) is 22.0 Å². The number of thiophene rings is 1. The molecule has 1 N–H and O–H groups in total. The Hall–Kier alpha value is -0.980. The second kappa shape index (κ2) is 5.98. The molecule has 0 bridgehead atoms. The molecule has 0 amide bonds. The largest absolute Gasteiger partial charge is 0.477 e. The van der Waals surface area contributed by atoms with Gasteiger partial charge in [0, 0.05) is 14.2 Å². The molecule has 1 heterocycles. The average molecular weight is 359 g/mol. The normalized spacial score (nSPS) is 12.3. The molecule has 0 aliphatic heterocycles. The fourth-order valence-electron chi connectivity index (χ4n) is 1.60. The van der Waals surface area contributed by atoms with Gasteiger partial charge in [0.05, 0.1) is 16.6 Å². The van der Waals surface area contributed by atoms with Crippen molar-refractivity contribution >= 4 is 44.0 Å². The van der Waals surface area contributed by atoms with Gasteiger partial charge in [-0.2, -0.15) is 0 Å². The maximum atomic E-state index is 12.2. The second-order valence-electron chi connectivity index (χ2n) is 3.94. The van der Waals surface area contributed by atoms with E-state index in [1.165, 1.54) is 11.3 Å². The lowest BCUT2D eigenvalue weighted by atomic mass is 10.3. The molecule has 1 aromatic carbocycles. The molecule has 0 aliphatic carbocycles. The average Bonchev–Trinajstić information content (AvgIpc) is 2.71. The number of halogens is 1. The molecule has 0 aliphatic rings. The van der Waals surface area contributed by atoms with Gasteiger partial charge in [-0.25, -0.2) is 4.79 Å². The lowest BCUT2D eigenvalue weighted by Crippen LogP contribution is -1.97. The highest BCUT2D eigenvalue weighted by Crippen LogP contribution is 2.25. The third-order valence-electron chi connectivity index (χ3n) is 2.58. The van der Waals surface area contributed by atoms with Crippen LogP contribution in [-0.4, -0.2) is 15.3 Å². The van der Waals surface area contributed by atoms with E-state index < -0.39 is 16.8 Å². The van der Waals surface area contributed by atoms with E-state index in [9.17, 15) is 9.00 Å². The maximum Gasteiger partial charge on any atom is 0.345 e. The van der Waals surface area contributed by atoms with E-state index in [2.05, 4.69) is 15.9 Å². The van der Waals surface area contributed by atoms with Crippen molar-refractivity contribution in [2.75, 3.05) is 0 Å². The van der Waals surface area contributed by atoms with Crippen LogP contribution in [-0.2, 0) is 16.6 Å². The number of hydrogen-bond acceptors (Lipinski definition) is 3. The van der Waals surface area contributed by atoms with Crippen LogP contribution >= 0.6 is 27.3 Å². The Morgan fingerprint density at radius 1 is 1.42 bits per heavy atom. The predicted molar refractivity (Wildman–Crippen MR) is 80.3 cm³/mol. The molecular formula is C13H11BrO3S2. The number of rotatable bonds is 4. The molecule has 0 spiro atoms. The molecule has 0 fully saturated rings. The van der Waals surface area contributed by atoms with Gasteiger partial charge in [-0.3, -0.25) is 4.21 Å². The van der Waals surface area contributed by atoms with Gasteiger partial charge < -0.3 is 5.11 Å². The second-order valence-corrected chi connectivity index (χ2v) is 7.57. The van der Waals surface area contributed by atoms with Crippen LogP contribution in [0.5, 0.6) is 0 Å². The molecule has 1 unspecified atom stereocenters. The quantitative estimate of drug-likeness (QED) is 0.903. The Kier molecular flexibility index (Phi) is 4.54. The lowest BCUT2D eigenvalue weighted by Gasteiger charge is -2.02. The molecule has 2 rings (SSSR count). The molecule has 19 heavy (non-hydrogen) atoms. The van der Waals surface area contributed by atoms with Crippen LogP contribution in [0.25, 0.3) is 0 Å². The van der Waals surface area contributed by atoms with Crippen molar-refractivity contribution in [2.45, 2.75) is 17.6 Å². The van der Waals surface area contributed by atoms with Crippen molar-refractivity contribution in [3.8, 4) is 0 Å². The van der Waals surface area contributed by atoms with E-state index in [1.807, 2.05) is 25.1 Å². The molecule has 0 saturated carbocycles. The number of aromatic carboxylic acids is 1. The van der Waals surface area contributed by atoms with Crippen LogP contribution in [0.15, 0.2) is 39.7 Å². The summed E-state index contributed by atoms with van der Waals surface area (Å²) in [5.74, 6) is -0.598. The number of benzene rings is 1. The van der Waals surface area contributed by atoms with Crippen LogP contribution in [0, 0.1) is 6.92 Å². The summed E-state index contributed by atoms with van der Waals surface area (Å²) in [6.45, 7) is 1.85. The van der Waals surface area contributed by atoms with E-state index in [1.54, 1.807) is 12.1 Å². The molecule has 0 radical (unpaired) electrons. The first kappa shape index (κ1) is 14.4. The summed E-state index contributed by atoms with van der Waals surface area (Å²) in [7, 11) is -1.17. The van der Waals surface area contributed by atoms with Crippen LogP contribution in [0.4, 0.5) is 0 Å². The lowest BCUT2D eigenvalue weighted by molar-refractivity contribution is 0.0702. The fraction of sp³-hybridized carbons (Fsp3) is 0.154. The first-order valence-electron chi connectivity index (χ1n) is 5.44. The van der Waals surface area contributed by atoms with Crippen molar-refractivity contribution < 1.29 is 14.1 Å². The van der Waals surface area contributed by atoms with Crippen molar-refractivity contribution in [1.29, 1.82) is 0 Å². The van der Waals surface area contributed by atoms with Gasteiger partial charge in [-0.15, -0.1) is 11.3 Å². The van der Waals surface area contributed by atoms with Gasteiger partial charge in [0.15, 0.2) is 0 Å². The number of aryl methyl sites for hydroxylation is 1. The monoisotopic (exact) mass is 358 g/mol. The third-order valence-corrected chi connectivity index (χ3v) is 5.50. The van der Waals surface area contributed by atoms with Crippen molar-refractivity contribution in [3.05, 3.63) is 50.1 Å². The van der Waals surface area contributed by atoms with Crippen LogP contribution in [0.3, 0.4) is 0 Å². The van der Waals surface area contributed by atoms with Gasteiger partial charge >= 0.3 is 5.97 Å². The van der Waals surface area contributed by atoms with Gasteiger partial charge in [0.2, 0.25) is 0 Å². The Balaban J connectivity index is 2.21. The molecule has 100 valence electrons. The highest BCUT2D eigenvalue weighted by Gasteiger charge is 2.14. The summed E-state index contributed by atoms with van der Waals surface area (Å²) < 4.78 is 13.1. The zero-order chi connectivity index (χ0) is 14.0. The number of hydrogen-bond donors (Lipinski definition) is 1. The molecule has 3 nitrogen and oxygen atoms in total. The summed E-state index contributed by atoms with van der Waals surface area (Å²) in [5.41, 5.74) is 0.834. The van der Waals surface area contributed by atoms with E-state index in [0.717, 1.165) is 19.8 Å². The SMILES string of the molecule is Cc1sc(C(=O)O)cc1CS(=O)c1cccc(Br)c1. The highest BCUT2D eigenvalue weighted by atomic mass is 79.9. The smallest absolute Gasteiger partial charge is 0.345 e. The Bertz CT molecular complexity index is 649. The summed E-state index contributed by atoms with van der Waals surface area (Å²) in [6.07, 6.45) is 0. The van der Waals surface area contributed by atoms with Gasteiger partial charge in [0.1, 0.15) is 4.88 Å². The maximum absolute atomic E-state index is 12.2. The van der Waals surface area contributed by atoms with Crippen LogP contribution in [0.1, 0.15) is 20.1 Å². The highest BCUT2D eigenvalue weighted by molar-refractivity contribution is 9.10. The summed E-state index contributed by atoms with van der Waals surface area (Å²) in [4.78, 5) is 12.8. The number of carbonyl (C=O) groups is 1. The van der Waals surface area contributed by atoms with Gasteiger partial charge in [0.25, 0.3) is 0 Å². The Labute approximate surface area is 125 Å². The Morgan fingerprint density at radius 3 is 2.74 bits per heavy atom. The fourth-order valence-corrected chi connectivity index (χ4v) is 4.36. The first-order valence-corrected chi connectivity index (χ1v) is 8.37. The minimum Gasteiger partial charge on any atom is -0.477 e. The van der Waals surface area contributed by atoms with Crippen molar-refractivity contribution in [1.82, 2.24) is 0 Å². The van der Waals surface area contributed by atoms with E-state index in [0.29, 0.717) is 10.6 Å². The minimum absolute atomic E-state index is 0.291. The molecule has 1 atom stereocenters. The Morgan fingerprint density at radius 2 is 2.16 bits per heavy atom. The zero-order valence-electron chi connectivity index (χ0n) is 10.1. The summed E-state index contributed by atoms with van der Waals surface area (Å²) in [6, 6.07) is 8.94. The van der Waals surface area contributed by atoms with E-state index in [-0.39, 0.29) is 0 Å². The van der Waals surface area contributed by atoms with Crippen LogP contribution < -0.4 is 0 Å². The third kappa shape index (κ3) is 3.52. The standard InChI is InChI=1S/C13H11BrO3S2/c1-8-9(5-12(18-8)13(15)16)7-19(17)11-4-2-3-10(14)6-11/h2-6H,7H2,1H3,(H,15,16). The molecule has 6 heteroatoms. The first-order chi connectivity index (χ1) is 8.97. The molecule has 2 aromatic rings.